The molecular formula is C63H62Cl12N6O13. The molecule has 3 heterocycles. The summed E-state index contributed by atoms with van der Waals surface area (Å²) in [6, 6.07) is 24.1. The number of methoxy groups -OCH3 is 2. The Morgan fingerprint density at radius 2 is 0.713 bits per heavy atom. The number of phenolic OH excluding ortho intramolecular Hbond substituents is 3. The number of aliphatic carboxylic acids is 1. The smallest absolute Gasteiger partial charge is 0.309 e. The molecule has 6 N–H and O–H groups in total. The summed E-state index contributed by atoms with van der Waals surface area (Å²) in [5, 5.41) is 79.7. The Balaban J connectivity index is 0.000000302. The molecule has 0 spiro atoms. The van der Waals surface area contributed by atoms with Gasteiger partial charge in [0.2, 0.25) is 11.8 Å². The molecule has 31 heteroatoms. The van der Waals surface area contributed by atoms with E-state index in [1.54, 1.807) is 54.6 Å². The largest absolute Gasteiger partial charge is 0.508 e. The summed E-state index contributed by atoms with van der Waals surface area (Å²) in [6.45, 7) is 12.0. The van der Waals surface area contributed by atoms with Gasteiger partial charge in [-0.05, 0) is 142 Å². The minimum atomic E-state index is -0.976. The third-order valence-corrected chi connectivity index (χ3v) is 15.4. The van der Waals surface area contributed by atoms with E-state index in [4.69, 9.17) is 169 Å². The Hall–Kier alpha value is -5.85. The van der Waals surface area contributed by atoms with Gasteiger partial charge in [0.15, 0.2) is 43.6 Å². The molecule has 19 nitrogen and oxygen atoms in total. The van der Waals surface area contributed by atoms with E-state index in [0.29, 0.717) is 66.3 Å². The highest BCUT2D eigenvalue weighted by Gasteiger charge is 2.18. The topological polar surface area (TPSA) is 287 Å². The fraction of sp³-hybridized carbons (Fsp3) is 0.286. The first-order valence-corrected chi connectivity index (χ1v) is 32.0. The van der Waals surface area contributed by atoms with Crippen LogP contribution in [0.4, 0.5) is 0 Å². The third kappa shape index (κ3) is 28.1. The van der Waals surface area contributed by atoms with Gasteiger partial charge >= 0.3 is 17.9 Å². The minimum absolute atomic E-state index is 0.0211. The number of nitrogens with zero attached hydrogens (tertiary/aromatic N) is 6. The molecule has 0 unspecified atom stereocenters. The minimum Gasteiger partial charge on any atom is -0.508 e. The third-order valence-electron chi connectivity index (χ3n) is 12.0. The van der Waals surface area contributed by atoms with Crippen LogP contribution in [0, 0.1) is 0 Å². The number of aromatic nitrogens is 6. The van der Waals surface area contributed by atoms with Crippen LogP contribution in [0.3, 0.4) is 0 Å². The molecule has 506 valence electrons. The zero-order chi connectivity index (χ0) is 70.7. The Bertz CT molecular complexity index is 3750. The van der Waals surface area contributed by atoms with Gasteiger partial charge < -0.3 is 49.6 Å². The maximum atomic E-state index is 10.9. The van der Waals surface area contributed by atoms with E-state index in [1.807, 2.05) is 41.5 Å². The van der Waals surface area contributed by atoms with Crippen LogP contribution in [0.15, 0.2) is 91.0 Å². The van der Waals surface area contributed by atoms with E-state index in [0.717, 1.165) is 33.4 Å². The lowest BCUT2D eigenvalue weighted by atomic mass is 10.1. The Morgan fingerprint density at radius 1 is 0.404 bits per heavy atom. The zero-order valence-corrected chi connectivity index (χ0v) is 60.2. The van der Waals surface area contributed by atoms with Crippen molar-refractivity contribution >= 4 is 157 Å². The summed E-state index contributed by atoms with van der Waals surface area (Å²) in [7, 11) is 2.65. The quantitative estimate of drug-likeness (QED) is 0.0462. The number of hydrogen-bond donors (Lipinski definition) is 6. The molecule has 0 bridgehead atoms. The lowest BCUT2D eigenvalue weighted by Crippen LogP contribution is -2.04. The van der Waals surface area contributed by atoms with Crippen molar-refractivity contribution in [3.63, 3.8) is 0 Å². The molecule has 0 atom stereocenters. The molecule has 0 fully saturated rings. The van der Waals surface area contributed by atoms with Crippen LogP contribution in [0.2, 0.25) is 60.8 Å². The molecule has 8 aromatic rings. The van der Waals surface area contributed by atoms with Crippen molar-refractivity contribution in [2.75, 3.05) is 27.4 Å². The summed E-state index contributed by atoms with van der Waals surface area (Å²) in [6.07, 6.45) is 1.10. The van der Waals surface area contributed by atoms with Gasteiger partial charge in [-0.1, -0.05) is 193 Å². The second-order valence-corrected chi connectivity index (χ2v) is 24.9. The van der Waals surface area contributed by atoms with E-state index >= 15 is 0 Å². The molecule has 3 aromatic heterocycles. The van der Waals surface area contributed by atoms with Gasteiger partial charge in [0.25, 0.3) is 0 Å². The SMILES string of the molecule is CC(C)c1cc(Cl)nnc1Cl.CC(C)c1cc(Oc2c(Cl)cc(CC(=O)O)cc2Cl)nnc1Cl.CC(C)c1cc(Oc2c(Cl)cc(CCO)cc2Cl)nnc1Cl.COC(=O)Cc1cc(Cl)c(O)c(Cl)c1.COC(=O)Cc1ccc(O)cc1.OCCc1cc(Cl)c(O)c(Cl)c1. The number of benzene rings is 5. The first-order chi connectivity index (χ1) is 44.2. The molecule has 0 radical (unpaired) electrons. The van der Waals surface area contributed by atoms with Crippen molar-refractivity contribution in [3.8, 4) is 40.5 Å². The van der Waals surface area contributed by atoms with Gasteiger partial charge in [-0.2, -0.15) is 0 Å². The van der Waals surface area contributed by atoms with Crippen LogP contribution in [-0.4, -0.2) is 107 Å². The van der Waals surface area contributed by atoms with Gasteiger partial charge in [-0.15, -0.1) is 30.6 Å². The number of hydrogen-bond acceptors (Lipinski definition) is 18. The van der Waals surface area contributed by atoms with Gasteiger partial charge in [-0.25, -0.2) is 0 Å². The van der Waals surface area contributed by atoms with Gasteiger partial charge in [0.05, 0.1) is 73.7 Å². The van der Waals surface area contributed by atoms with Crippen LogP contribution in [0.1, 0.15) is 104 Å². The molecule has 0 aliphatic heterocycles. The molecule has 0 saturated carbocycles. The normalized spacial score (nSPS) is 10.5. The van der Waals surface area contributed by atoms with Crippen molar-refractivity contribution in [2.45, 2.75) is 91.4 Å². The Kier molecular flexibility index (Phi) is 36.2. The number of esters is 2. The first kappa shape index (κ1) is 82.4. The standard InChI is InChI=1S/C15H13Cl3N2O3.C15H15Cl3N2O2.C9H8Cl2O3.C9H10O3.C8H8Cl2O2.C7H8Cl2N2/c1-7(2)9-6-12(19-20-15(9)18)23-14-10(16)3-8(4-11(14)17)5-13(21)22;1-8(2)10-7-13(19-20-15(10)18)22-14-11(16)5-9(3-4-21)6-12(14)17;1-14-8(12)4-5-2-6(10)9(13)7(11)3-5;1-12-9(11)6-7-2-4-8(10)5-3-7;9-6-3-5(1-2-11)4-7(10)8(6)12;1-4(2)5-3-6(8)10-11-7(5)9/h3-4,6-7H,5H2,1-2H3,(H,21,22);5-8,21H,3-4H2,1-2H3;2-3,13H,4H2,1H3;2-5,10H,6H2,1H3;3-4,11-12H,1-2H2;3-4H,1-2H3. The number of carboxylic acid groups (broad SMARTS) is 1. The maximum absolute atomic E-state index is 10.9. The van der Waals surface area contributed by atoms with Gasteiger partial charge in [-0.3, -0.25) is 14.4 Å². The summed E-state index contributed by atoms with van der Waals surface area (Å²) in [5.41, 5.74) is 6.10. The summed E-state index contributed by atoms with van der Waals surface area (Å²) >= 11 is 70.6. The molecule has 0 saturated heterocycles. The van der Waals surface area contributed by atoms with E-state index in [2.05, 4.69) is 40.1 Å². The molecule has 5 aromatic carbocycles. The van der Waals surface area contributed by atoms with Gasteiger partial charge in [0.1, 0.15) is 5.75 Å². The summed E-state index contributed by atoms with van der Waals surface area (Å²) < 4.78 is 20.2. The van der Waals surface area contributed by atoms with E-state index in [1.165, 1.54) is 50.6 Å². The lowest BCUT2D eigenvalue weighted by molar-refractivity contribution is -0.140. The summed E-state index contributed by atoms with van der Waals surface area (Å²) in [4.78, 5) is 32.5. The van der Waals surface area contributed by atoms with E-state index in [9.17, 15) is 24.6 Å². The lowest BCUT2D eigenvalue weighted by Gasteiger charge is -2.12. The second kappa shape index (κ2) is 41.3. The number of carboxylic acids is 1. The van der Waals surface area contributed by atoms with Crippen molar-refractivity contribution in [1.82, 2.24) is 30.6 Å². The number of halogens is 12. The van der Waals surface area contributed by atoms with Crippen molar-refractivity contribution in [2.24, 2.45) is 0 Å². The first-order valence-electron chi connectivity index (χ1n) is 27.5. The van der Waals surface area contributed by atoms with E-state index < -0.39 is 5.97 Å². The average Bonchev–Trinajstić information content (AvgIpc) is 0.861. The molecule has 8 rings (SSSR count). The van der Waals surface area contributed by atoms with Crippen LogP contribution >= 0.6 is 139 Å². The number of aromatic hydroxyl groups is 3. The number of rotatable bonds is 17. The van der Waals surface area contributed by atoms with Crippen molar-refractivity contribution < 1.29 is 64.0 Å². The predicted molar refractivity (Wildman–Crippen MR) is 370 cm³/mol. The summed E-state index contributed by atoms with van der Waals surface area (Å²) in [5.74, 6) is -0.113. The second-order valence-electron chi connectivity index (χ2n) is 20.2. The molecule has 0 aliphatic carbocycles. The highest BCUT2D eigenvalue weighted by atomic mass is 35.5. The number of ether oxygens (including phenoxy) is 4. The van der Waals surface area contributed by atoms with Crippen molar-refractivity contribution in [1.29, 1.82) is 0 Å². The number of carbonyl (C=O) groups excluding carboxylic acids is 2. The number of aliphatic hydroxyl groups excluding tert-OH is 2. The molecular weight excluding hydrogens is 1470 g/mol. The fourth-order valence-electron chi connectivity index (χ4n) is 7.31. The highest BCUT2D eigenvalue weighted by Crippen LogP contribution is 2.40. The monoisotopic (exact) mass is 1530 g/mol. The average molecular weight is 1540 g/mol. The van der Waals surface area contributed by atoms with Crippen LogP contribution in [0.5, 0.6) is 40.5 Å². The predicted octanol–water partition coefficient (Wildman–Crippen LogP) is 18.5. The highest BCUT2D eigenvalue weighted by molar-refractivity contribution is 6.39. The van der Waals surface area contributed by atoms with Crippen molar-refractivity contribution in [3.05, 3.63) is 196 Å². The van der Waals surface area contributed by atoms with Crippen LogP contribution in [-0.2, 0) is 56.0 Å². The zero-order valence-electron chi connectivity index (χ0n) is 51.1. The number of aliphatic hydroxyl groups is 2. The van der Waals surface area contributed by atoms with Gasteiger partial charge in [0, 0.05) is 25.3 Å². The molecule has 0 aliphatic rings. The molecule has 0 amide bonds. The fourth-order valence-corrected chi connectivity index (χ4v) is 10.7. The number of phenols is 3. The Morgan fingerprint density at radius 3 is 1.04 bits per heavy atom. The number of carbonyl (C=O) groups is 3. The van der Waals surface area contributed by atoms with Crippen LogP contribution in [0.25, 0.3) is 0 Å². The maximum Gasteiger partial charge on any atom is 0.309 e. The Labute approximate surface area is 602 Å². The van der Waals surface area contributed by atoms with E-state index in [-0.39, 0.29) is 121 Å². The molecule has 94 heavy (non-hydrogen) atoms. The van der Waals surface area contributed by atoms with Crippen LogP contribution < -0.4 is 9.47 Å².